The molecular weight excluding hydrogens is 416 g/mol. The summed E-state index contributed by atoms with van der Waals surface area (Å²) in [7, 11) is -3.72. The smallest absolute Gasteiger partial charge is 0.282 e. The summed E-state index contributed by atoms with van der Waals surface area (Å²) in [6.45, 7) is 1.75. The first-order valence-corrected chi connectivity index (χ1v) is 11.0. The molecule has 0 radical (unpaired) electrons. The number of imidazole rings is 1. The SMILES string of the molecule is NS(=O)(=O)NCC1CCCN(c2ccnc(-c3cnc4ccc(C(F)F)nn34)c2)C1. The molecule has 4 rings (SSSR count). The van der Waals surface area contributed by atoms with E-state index in [1.54, 1.807) is 12.4 Å². The number of halogens is 2. The van der Waals surface area contributed by atoms with E-state index in [9.17, 15) is 17.2 Å². The van der Waals surface area contributed by atoms with Gasteiger partial charge in [-0.05, 0) is 43.0 Å². The summed E-state index contributed by atoms with van der Waals surface area (Å²) < 4.78 is 52.1. The third-order valence-corrected chi connectivity index (χ3v) is 5.64. The highest BCUT2D eigenvalue weighted by Gasteiger charge is 2.22. The van der Waals surface area contributed by atoms with Crippen LogP contribution in [-0.2, 0) is 10.2 Å². The van der Waals surface area contributed by atoms with Crippen molar-refractivity contribution in [2.45, 2.75) is 19.3 Å². The molecule has 0 amide bonds. The molecule has 3 aromatic rings. The number of nitrogens with one attached hydrogen (secondary N) is 1. The molecule has 3 aromatic heterocycles. The van der Waals surface area contributed by atoms with Crippen LogP contribution in [0.1, 0.15) is 25.0 Å². The van der Waals surface area contributed by atoms with Crippen LogP contribution < -0.4 is 14.8 Å². The number of nitrogens with two attached hydrogens (primary N) is 1. The van der Waals surface area contributed by atoms with E-state index in [1.165, 1.54) is 16.6 Å². The van der Waals surface area contributed by atoms with E-state index in [1.807, 2.05) is 12.1 Å². The van der Waals surface area contributed by atoms with Gasteiger partial charge in [0, 0.05) is 31.5 Å². The molecule has 0 aromatic carbocycles. The number of pyridine rings is 1. The fraction of sp³-hybridized carbons (Fsp3) is 0.389. The lowest BCUT2D eigenvalue weighted by molar-refractivity contribution is 0.144. The lowest BCUT2D eigenvalue weighted by Gasteiger charge is -2.34. The maximum atomic E-state index is 13.0. The zero-order valence-electron chi connectivity index (χ0n) is 15.9. The van der Waals surface area contributed by atoms with Gasteiger partial charge in [-0.15, -0.1) is 0 Å². The fourth-order valence-electron chi connectivity index (χ4n) is 3.63. The standard InChI is InChI=1S/C18H21F2N7O2S/c19-18(20)14-3-4-17-23-10-16(27(17)25-14)15-8-13(5-6-22-15)26-7-1-2-12(11-26)9-24-30(21,28)29/h3-6,8,10,12,18,24H,1-2,7,9,11H2,(H2,21,28,29). The molecule has 4 heterocycles. The molecule has 0 bridgehead atoms. The molecule has 160 valence electrons. The Bertz CT molecular complexity index is 1150. The maximum absolute atomic E-state index is 13.0. The van der Waals surface area contributed by atoms with Crippen LogP contribution in [0.3, 0.4) is 0 Å². The largest absolute Gasteiger partial charge is 0.371 e. The lowest BCUT2D eigenvalue weighted by Crippen LogP contribution is -2.42. The average Bonchev–Trinajstić information content (AvgIpc) is 3.15. The van der Waals surface area contributed by atoms with Gasteiger partial charge in [-0.3, -0.25) is 4.98 Å². The quantitative estimate of drug-likeness (QED) is 0.606. The second-order valence-corrected chi connectivity index (χ2v) is 8.60. The number of fused-ring (bicyclic) bond motifs is 1. The van der Waals surface area contributed by atoms with Crippen LogP contribution in [0, 0.1) is 5.92 Å². The Balaban J connectivity index is 1.59. The first-order chi connectivity index (χ1) is 14.3. The zero-order valence-corrected chi connectivity index (χ0v) is 16.8. The van der Waals surface area contributed by atoms with Gasteiger partial charge in [-0.25, -0.2) is 28.1 Å². The third-order valence-electron chi connectivity index (χ3n) is 5.07. The van der Waals surface area contributed by atoms with Gasteiger partial charge in [0.1, 0.15) is 11.4 Å². The minimum atomic E-state index is -3.72. The number of hydrogen-bond acceptors (Lipinski definition) is 6. The Morgan fingerprint density at radius 2 is 2.10 bits per heavy atom. The summed E-state index contributed by atoms with van der Waals surface area (Å²) in [6, 6.07) is 6.47. The van der Waals surface area contributed by atoms with Crippen molar-refractivity contribution < 1.29 is 17.2 Å². The van der Waals surface area contributed by atoms with Gasteiger partial charge in [-0.1, -0.05) is 0 Å². The number of nitrogens with zero attached hydrogens (tertiary/aromatic N) is 5. The molecule has 3 N–H and O–H groups in total. The molecular formula is C18H21F2N7O2S. The van der Waals surface area contributed by atoms with E-state index < -0.39 is 16.6 Å². The number of anilines is 1. The maximum Gasteiger partial charge on any atom is 0.282 e. The third kappa shape index (κ3) is 4.55. The van der Waals surface area contributed by atoms with Crippen LogP contribution in [0.2, 0.25) is 0 Å². The molecule has 0 aliphatic carbocycles. The minimum Gasteiger partial charge on any atom is -0.371 e. The van der Waals surface area contributed by atoms with Crippen LogP contribution in [-0.4, -0.2) is 47.6 Å². The van der Waals surface area contributed by atoms with Crippen molar-refractivity contribution >= 4 is 21.5 Å². The molecule has 12 heteroatoms. The van der Waals surface area contributed by atoms with Crippen LogP contribution in [0.25, 0.3) is 17.0 Å². The van der Waals surface area contributed by atoms with Crippen molar-refractivity contribution in [1.29, 1.82) is 0 Å². The van der Waals surface area contributed by atoms with Gasteiger partial charge in [0.2, 0.25) is 0 Å². The first-order valence-electron chi connectivity index (χ1n) is 9.42. The lowest BCUT2D eigenvalue weighted by atomic mass is 9.98. The summed E-state index contributed by atoms with van der Waals surface area (Å²) in [5, 5.41) is 9.01. The van der Waals surface area contributed by atoms with Crippen molar-refractivity contribution in [3.8, 4) is 11.4 Å². The highest BCUT2D eigenvalue weighted by Crippen LogP contribution is 2.27. The van der Waals surface area contributed by atoms with Gasteiger partial charge in [-0.2, -0.15) is 13.5 Å². The normalized spacial score (nSPS) is 17.7. The highest BCUT2D eigenvalue weighted by molar-refractivity contribution is 7.87. The molecule has 1 aliphatic heterocycles. The van der Waals surface area contributed by atoms with E-state index >= 15 is 0 Å². The van der Waals surface area contributed by atoms with Gasteiger partial charge in [0.05, 0.1) is 11.9 Å². The second-order valence-electron chi connectivity index (χ2n) is 7.22. The number of aromatic nitrogens is 4. The van der Waals surface area contributed by atoms with Crippen LogP contribution in [0.15, 0.2) is 36.7 Å². The zero-order chi connectivity index (χ0) is 21.3. The van der Waals surface area contributed by atoms with Gasteiger partial charge < -0.3 is 4.90 Å². The summed E-state index contributed by atoms with van der Waals surface area (Å²) in [5.41, 5.74) is 2.09. The molecule has 1 aliphatic rings. The Kier molecular flexibility index (Phi) is 5.62. The number of rotatable bonds is 6. The summed E-state index contributed by atoms with van der Waals surface area (Å²) in [4.78, 5) is 10.7. The van der Waals surface area contributed by atoms with Gasteiger partial charge in [0.25, 0.3) is 16.6 Å². The predicted molar refractivity (Wildman–Crippen MR) is 107 cm³/mol. The van der Waals surface area contributed by atoms with E-state index in [0.29, 0.717) is 23.6 Å². The van der Waals surface area contributed by atoms with E-state index in [4.69, 9.17) is 5.14 Å². The van der Waals surface area contributed by atoms with Crippen LogP contribution in [0.5, 0.6) is 0 Å². The monoisotopic (exact) mass is 437 g/mol. The predicted octanol–water partition coefficient (Wildman–Crippen LogP) is 1.74. The van der Waals surface area contributed by atoms with Crippen LogP contribution in [0.4, 0.5) is 14.5 Å². The van der Waals surface area contributed by atoms with E-state index in [0.717, 1.165) is 25.1 Å². The summed E-state index contributed by atoms with van der Waals surface area (Å²) >= 11 is 0. The topological polar surface area (TPSA) is 119 Å². The summed E-state index contributed by atoms with van der Waals surface area (Å²) in [5.74, 6) is 0.125. The number of alkyl halides is 2. The van der Waals surface area contributed by atoms with Crippen molar-refractivity contribution in [2.24, 2.45) is 11.1 Å². The first kappa shape index (κ1) is 20.6. The molecule has 1 saturated heterocycles. The Morgan fingerprint density at radius 3 is 2.87 bits per heavy atom. The van der Waals surface area contributed by atoms with Gasteiger partial charge >= 0.3 is 0 Å². The second kappa shape index (κ2) is 8.20. The van der Waals surface area contributed by atoms with Gasteiger partial charge in [0.15, 0.2) is 5.65 Å². The molecule has 9 nitrogen and oxygen atoms in total. The molecule has 0 spiro atoms. The average molecular weight is 437 g/mol. The fourth-order valence-corrected chi connectivity index (χ4v) is 4.10. The highest BCUT2D eigenvalue weighted by atomic mass is 32.2. The number of piperidine rings is 1. The Labute approximate surface area is 172 Å². The molecule has 0 saturated carbocycles. The summed E-state index contributed by atoms with van der Waals surface area (Å²) in [6.07, 6.45) is 2.32. The van der Waals surface area contributed by atoms with Crippen molar-refractivity contribution in [1.82, 2.24) is 24.3 Å². The number of hydrogen-bond donors (Lipinski definition) is 2. The Hall–Kier alpha value is -2.70. The van der Waals surface area contributed by atoms with E-state index in [-0.39, 0.29) is 18.2 Å². The molecule has 1 fully saturated rings. The van der Waals surface area contributed by atoms with Crippen molar-refractivity contribution in [3.05, 3.63) is 42.4 Å². The van der Waals surface area contributed by atoms with Crippen molar-refractivity contribution in [3.63, 3.8) is 0 Å². The van der Waals surface area contributed by atoms with Crippen molar-refractivity contribution in [2.75, 3.05) is 24.5 Å². The molecule has 1 unspecified atom stereocenters. The molecule has 30 heavy (non-hydrogen) atoms. The van der Waals surface area contributed by atoms with Crippen LogP contribution >= 0.6 is 0 Å². The minimum absolute atomic E-state index is 0.125. The molecule has 1 atom stereocenters. The van der Waals surface area contributed by atoms with E-state index in [2.05, 4.69) is 24.7 Å². The Morgan fingerprint density at radius 1 is 1.27 bits per heavy atom.